The van der Waals surface area contributed by atoms with E-state index in [1.54, 1.807) is 0 Å². The minimum atomic E-state index is -0.460. The summed E-state index contributed by atoms with van der Waals surface area (Å²) < 4.78 is 4.71. The molecule has 0 radical (unpaired) electrons. The number of aliphatic imine (C=N–C) groups is 2. The van der Waals surface area contributed by atoms with Crippen molar-refractivity contribution in [3.63, 3.8) is 0 Å². The van der Waals surface area contributed by atoms with Crippen LogP contribution in [-0.2, 0) is 0 Å². The number of aromatic nitrogens is 2. The number of amidine groups is 2. The maximum Gasteiger partial charge on any atom is 0.159 e. The molecule has 11 aromatic rings. The number of hydrogen-bond donors (Lipinski definition) is 1. The van der Waals surface area contributed by atoms with Crippen LogP contribution in [0.2, 0.25) is 0 Å². The van der Waals surface area contributed by atoms with Crippen molar-refractivity contribution in [3.05, 3.63) is 241 Å². The lowest BCUT2D eigenvalue weighted by atomic mass is 9.95. The highest BCUT2D eigenvalue weighted by atomic mass is 15.2. The fraction of sp³-hybridized carbons (Fsp3) is 0.0172. The van der Waals surface area contributed by atoms with Crippen LogP contribution in [0, 0.1) is 11.3 Å². The average molecular weight is 819 g/mol. The monoisotopic (exact) mass is 818 g/mol. The highest BCUT2D eigenvalue weighted by Gasteiger charge is 2.27. The predicted octanol–water partition coefficient (Wildman–Crippen LogP) is 13.6. The summed E-state index contributed by atoms with van der Waals surface area (Å²) in [6.07, 6.45) is -0.460. The van der Waals surface area contributed by atoms with Crippen LogP contribution in [0.3, 0.4) is 0 Å². The number of nitrogens with zero attached hydrogens (tertiary/aromatic N) is 5. The van der Waals surface area contributed by atoms with Crippen LogP contribution < -0.4 is 5.32 Å². The molecule has 0 amide bonds. The summed E-state index contributed by atoms with van der Waals surface area (Å²) in [5.41, 5.74) is 14.4. The summed E-state index contributed by atoms with van der Waals surface area (Å²) in [6.45, 7) is 0. The Morgan fingerprint density at radius 1 is 0.453 bits per heavy atom. The van der Waals surface area contributed by atoms with Crippen LogP contribution in [0.5, 0.6) is 0 Å². The second-order valence-electron chi connectivity index (χ2n) is 16.1. The topological polar surface area (TPSA) is 70.4 Å². The van der Waals surface area contributed by atoms with Gasteiger partial charge in [0.1, 0.15) is 12.0 Å². The highest BCUT2D eigenvalue weighted by Crippen LogP contribution is 2.45. The van der Waals surface area contributed by atoms with Gasteiger partial charge in [0.05, 0.1) is 39.4 Å². The third kappa shape index (κ3) is 6.10. The van der Waals surface area contributed by atoms with Gasteiger partial charge in [0.25, 0.3) is 0 Å². The normalized spacial score (nSPS) is 13.8. The van der Waals surface area contributed by atoms with Crippen molar-refractivity contribution >= 4 is 55.3 Å². The van der Waals surface area contributed by atoms with E-state index in [2.05, 4.69) is 184 Å². The third-order valence-corrected chi connectivity index (χ3v) is 12.4. The molecule has 6 heteroatoms. The van der Waals surface area contributed by atoms with Gasteiger partial charge in [0, 0.05) is 43.9 Å². The third-order valence-electron chi connectivity index (χ3n) is 12.4. The van der Waals surface area contributed by atoms with E-state index in [1.807, 2.05) is 54.6 Å². The Bertz CT molecular complexity index is 3690. The highest BCUT2D eigenvalue weighted by molar-refractivity contribution is 6.22. The number of benzene rings is 9. The smallest absolute Gasteiger partial charge is 0.159 e. The lowest BCUT2D eigenvalue weighted by Crippen LogP contribution is -2.34. The van der Waals surface area contributed by atoms with Crippen molar-refractivity contribution in [3.8, 4) is 39.7 Å². The van der Waals surface area contributed by atoms with Crippen molar-refractivity contribution in [1.82, 2.24) is 14.5 Å². The Hall–Kier alpha value is -8.79. The molecule has 2 aromatic heterocycles. The minimum absolute atomic E-state index is 0.460. The first-order valence-corrected chi connectivity index (χ1v) is 21.5. The molecule has 300 valence electrons. The van der Waals surface area contributed by atoms with E-state index < -0.39 is 6.17 Å². The zero-order valence-electron chi connectivity index (χ0n) is 34.6. The second kappa shape index (κ2) is 15.3. The number of para-hydroxylation sites is 2. The fourth-order valence-electron chi connectivity index (χ4n) is 9.57. The molecule has 1 N–H and O–H groups in total. The summed E-state index contributed by atoms with van der Waals surface area (Å²) in [5.74, 6) is 1.45. The van der Waals surface area contributed by atoms with E-state index in [4.69, 9.17) is 9.98 Å². The van der Waals surface area contributed by atoms with Crippen LogP contribution in [0.25, 0.3) is 77.2 Å². The van der Waals surface area contributed by atoms with Crippen molar-refractivity contribution in [1.29, 1.82) is 5.26 Å². The van der Waals surface area contributed by atoms with Crippen LogP contribution in [0.1, 0.15) is 28.4 Å². The first kappa shape index (κ1) is 37.0. The van der Waals surface area contributed by atoms with Crippen molar-refractivity contribution in [2.75, 3.05) is 0 Å². The maximum absolute atomic E-state index is 10.0. The predicted molar refractivity (Wildman–Crippen MR) is 263 cm³/mol. The molecule has 0 fully saturated rings. The van der Waals surface area contributed by atoms with Gasteiger partial charge in [0.2, 0.25) is 0 Å². The van der Waals surface area contributed by atoms with Crippen molar-refractivity contribution < 1.29 is 0 Å². The van der Waals surface area contributed by atoms with Gasteiger partial charge >= 0.3 is 0 Å². The summed E-state index contributed by atoms with van der Waals surface area (Å²) in [6, 6.07) is 78.7. The number of fused-ring (bicyclic) bond motifs is 6. The quantitative estimate of drug-likeness (QED) is 0.174. The minimum Gasteiger partial charge on any atom is -0.344 e. The molecular formula is C58H38N6. The molecule has 12 rings (SSSR count). The SMILES string of the molecule is N#Cc1ccc2c3c(-c4cccc5c4c4ccccc4n5-c4cc(-c5ccccc5)ccc4C4N=C(c5ccccc5)N=C(c5ccccc5)N4)cccc3n(-c3ccccc3)c2c1. The zero-order chi connectivity index (χ0) is 42.6. The Labute approximate surface area is 370 Å². The Morgan fingerprint density at radius 3 is 1.72 bits per heavy atom. The van der Waals surface area contributed by atoms with Gasteiger partial charge in [-0.1, -0.05) is 170 Å². The largest absolute Gasteiger partial charge is 0.344 e. The average Bonchev–Trinajstić information content (AvgIpc) is 3.90. The van der Waals surface area contributed by atoms with E-state index in [1.165, 1.54) is 0 Å². The molecule has 1 atom stereocenters. The molecule has 9 aromatic carbocycles. The Morgan fingerprint density at radius 2 is 1.03 bits per heavy atom. The zero-order valence-corrected chi connectivity index (χ0v) is 34.6. The van der Waals surface area contributed by atoms with Gasteiger partial charge in [-0.25, -0.2) is 9.98 Å². The molecule has 3 heterocycles. The van der Waals surface area contributed by atoms with E-state index in [0.717, 1.165) is 99.8 Å². The molecule has 0 saturated carbocycles. The molecule has 1 aliphatic heterocycles. The van der Waals surface area contributed by atoms with Gasteiger partial charge in [-0.05, 0) is 70.8 Å². The molecule has 64 heavy (non-hydrogen) atoms. The number of nitrogens with one attached hydrogen (secondary N) is 1. The first-order chi connectivity index (χ1) is 31.7. The Kier molecular flexibility index (Phi) is 8.84. The Balaban J connectivity index is 1.13. The number of nitriles is 1. The van der Waals surface area contributed by atoms with Crippen LogP contribution >= 0.6 is 0 Å². The molecule has 1 unspecified atom stereocenters. The molecule has 0 bridgehead atoms. The summed E-state index contributed by atoms with van der Waals surface area (Å²) in [5, 5.41) is 18.3. The van der Waals surface area contributed by atoms with E-state index in [0.29, 0.717) is 11.4 Å². The fourth-order valence-corrected chi connectivity index (χ4v) is 9.57. The van der Waals surface area contributed by atoms with Gasteiger partial charge in [-0.2, -0.15) is 5.26 Å². The van der Waals surface area contributed by atoms with Gasteiger partial charge in [0.15, 0.2) is 5.84 Å². The van der Waals surface area contributed by atoms with Gasteiger partial charge in [-0.3, -0.25) is 0 Å². The maximum atomic E-state index is 10.0. The molecule has 0 spiro atoms. The standard InChI is InChI=1S/C58H38N6/c59-37-38-31-33-47-52(35-38)63(43-23-11-4-12-24-43)50-29-15-26-45(55(47)50)44-27-16-30-51-54(44)46-25-13-14-28-49(46)64(51)53-36-42(39-17-5-1-6-18-39)32-34-48(53)58-61-56(40-19-7-2-8-20-40)60-57(62-58)41-21-9-3-10-22-41/h1-36,58H,(H,60,61,62). The first-order valence-electron chi connectivity index (χ1n) is 21.5. The van der Waals surface area contributed by atoms with Crippen LogP contribution in [0.15, 0.2) is 228 Å². The van der Waals surface area contributed by atoms with Crippen LogP contribution in [0.4, 0.5) is 0 Å². The van der Waals surface area contributed by atoms with Crippen molar-refractivity contribution in [2.24, 2.45) is 9.98 Å². The number of rotatable bonds is 7. The number of hydrogen-bond acceptors (Lipinski definition) is 4. The van der Waals surface area contributed by atoms with Crippen molar-refractivity contribution in [2.45, 2.75) is 6.17 Å². The second-order valence-corrected chi connectivity index (χ2v) is 16.1. The molecular weight excluding hydrogens is 781 g/mol. The van der Waals surface area contributed by atoms with Gasteiger partial charge in [-0.15, -0.1) is 0 Å². The summed E-state index contributed by atoms with van der Waals surface area (Å²) in [7, 11) is 0. The molecule has 1 aliphatic rings. The summed E-state index contributed by atoms with van der Waals surface area (Å²) >= 11 is 0. The van der Waals surface area contributed by atoms with E-state index >= 15 is 0 Å². The van der Waals surface area contributed by atoms with Gasteiger partial charge < -0.3 is 14.5 Å². The molecule has 0 saturated heterocycles. The van der Waals surface area contributed by atoms with E-state index in [-0.39, 0.29) is 0 Å². The summed E-state index contributed by atoms with van der Waals surface area (Å²) in [4.78, 5) is 10.5. The molecule has 6 nitrogen and oxygen atoms in total. The van der Waals surface area contributed by atoms with Crippen LogP contribution in [-0.4, -0.2) is 20.8 Å². The lowest BCUT2D eigenvalue weighted by molar-refractivity contribution is 0.671. The lowest BCUT2D eigenvalue weighted by Gasteiger charge is -2.26. The molecule has 0 aliphatic carbocycles. The van der Waals surface area contributed by atoms with E-state index in [9.17, 15) is 5.26 Å².